The lowest BCUT2D eigenvalue weighted by Gasteiger charge is -2.32. The SMILES string of the molecule is CCCc1ccc([C@H]2CC[C@H](OC[C@H]3CC[C@H](CCC=CC=C(F)C#N)CC3)CC2)cc1. The fraction of sp³-hybridized carbons (Fsp3) is 0.621. The summed E-state index contributed by atoms with van der Waals surface area (Å²) in [5, 5.41) is 8.39. The minimum atomic E-state index is -0.726. The van der Waals surface area contributed by atoms with Gasteiger partial charge in [0, 0.05) is 6.61 Å². The van der Waals surface area contributed by atoms with Crippen molar-refractivity contribution < 1.29 is 9.13 Å². The third kappa shape index (κ3) is 8.21. The molecule has 0 aliphatic heterocycles. The van der Waals surface area contributed by atoms with Crippen molar-refractivity contribution in [3.63, 3.8) is 0 Å². The summed E-state index contributed by atoms with van der Waals surface area (Å²) in [4.78, 5) is 0. The van der Waals surface area contributed by atoms with Crippen molar-refractivity contribution in [3.8, 4) is 6.07 Å². The first kappa shape index (κ1) is 24.7. The Balaban J connectivity index is 1.28. The molecule has 0 amide bonds. The highest BCUT2D eigenvalue weighted by Crippen LogP contribution is 2.36. The van der Waals surface area contributed by atoms with Gasteiger partial charge in [0.2, 0.25) is 0 Å². The molecule has 1 aromatic carbocycles. The standard InChI is InChI=1S/C29H40FNO/c1-2-6-23-13-15-26(16-14-23)27-17-19-29(20-18-27)32-22-25-11-9-24(10-12-25)7-4-3-5-8-28(30)21-31/h3,5,8,13-16,24-25,27,29H,2,4,6-7,9-12,17-20,22H2,1H3/t24-,25-,27-,29-. The third-order valence-corrected chi connectivity index (χ3v) is 7.42. The molecule has 0 saturated heterocycles. The van der Waals surface area contributed by atoms with E-state index in [4.69, 9.17) is 10.00 Å². The largest absolute Gasteiger partial charge is 0.378 e. The van der Waals surface area contributed by atoms with E-state index in [9.17, 15) is 4.39 Å². The molecule has 0 aromatic heterocycles. The smallest absolute Gasteiger partial charge is 0.199 e. The van der Waals surface area contributed by atoms with Crippen molar-refractivity contribution in [2.45, 2.75) is 96.0 Å². The van der Waals surface area contributed by atoms with Crippen LogP contribution in [0.2, 0.25) is 0 Å². The lowest BCUT2D eigenvalue weighted by Crippen LogP contribution is -2.25. The summed E-state index contributed by atoms with van der Waals surface area (Å²) in [6.45, 7) is 3.18. The van der Waals surface area contributed by atoms with Crippen LogP contribution in [0.25, 0.3) is 0 Å². The molecule has 0 N–H and O–H groups in total. The number of halogens is 1. The molecule has 2 aliphatic carbocycles. The molecule has 1 aromatic rings. The van der Waals surface area contributed by atoms with Crippen LogP contribution in [0.3, 0.4) is 0 Å². The summed E-state index contributed by atoms with van der Waals surface area (Å²) in [5.74, 6) is 1.48. The van der Waals surface area contributed by atoms with Gasteiger partial charge in [-0.05, 0) is 92.7 Å². The van der Waals surface area contributed by atoms with Gasteiger partial charge in [-0.2, -0.15) is 9.65 Å². The fourth-order valence-electron chi connectivity index (χ4n) is 5.38. The quantitative estimate of drug-likeness (QED) is 0.273. The van der Waals surface area contributed by atoms with Gasteiger partial charge < -0.3 is 4.74 Å². The maximum Gasteiger partial charge on any atom is 0.199 e. The molecular weight excluding hydrogens is 397 g/mol. The topological polar surface area (TPSA) is 33.0 Å². The third-order valence-electron chi connectivity index (χ3n) is 7.42. The number of allylic oxidation sites excluding steroid dienone is 4. The van der Waals surface area contributed by atoms with E-state index in [2.05, 4.69) is 31.2 Å². The Bertz CT molecular complexity index is 759. The Kier molecular flexibility index (Phi) is 10.5. The maximum atomic E-state index is 12.7. The van der Waals surface area contributed by atoms with Gasteiger partial charge in [-0.1, -0.05) is 62.6 Å². The van der Waals surface area contributed by atoms with Crippen molar-refractivity contribution in [1.82, 2.24) is 0 Å². The Hall–Kier alpha value is -1.92. The number of nitriles is 1. The first-order valence-corrected chi connectivity index (χ1v) is 12.8. The summed E-state index contributed by atoms with van der Waals surface area (Å²) in [5.41, 5.74) is 2.98. The summed E-state index contributed by atoms with van der Waals surface area (Å²) >= 11 is 0. The average Bonchev–Trinajstić information content (AvgIpc) is 2.84. The van der Waals surface area contributed by atoms with E-state index in [1.54, 1.807) is 6.08 Å². The predicted octanol–water partition coefficient (Wildman–Crippen LogP) is 8.20. The fourth-order valence-corrected chi connectivity index (χ4v) is 5.38. The second-order valence-electron chi connectivity index (χ2n) is 9.82. The summed E-state index contributed by atoms with van der Waals surface area (Å²) in [6, 6.07) is 10.8. The van der Waals surface area contributed by atoms with E-state index in [1.165, 1.54) is 87.5 Å². The van der Waals surface area contributed by atoms with Crippen LogP contribution >= 0.6 is 0 Å². The highest BCUT2D eigenvalue weighted by molar-refractivity contribution is 5.26. The van der Waals surface area contributed by atoms with E-state index < -0.39 is 5.83 Å². The van der Waals surface area contributed by atoms with Crippen molar-refractivity contribution in [3.05, 3.63) is 59.4 Å². The zero-order valence-corrected chi connectivity index (χ0v) is 19.8. The van der Waals surface area contributed by atoms with Crippen molar-refractivity contribution in [2.24, 2.45) is 11.8 Å². The van der Waals surface area contributed by atoms with Crippen LogP contribution in [0.15, 0.2) is 48.3 Å². The van der Waals surface area contributed by atoms with Crippen LogP contribution in [0.1, 0.15) is 94.6 Å². The summed E-state index contributed by atoms with van der Waals surface area (Å²) in [6.07, 6.45) is 19.9. The van der Waals surface area contributed by atoms with Gasteiger partial charge in [-0.15, -0.1) is 0 Å². The molecule has 2 saturated carbocycles. The lowest BCUT2D eigenvalue weighted by atomic mass is 9.80. The number of benzene rings is 1. The van der Waals surface area contributed by atoms with Gasteiger partial charge in [0.1, 0.15) is 6.07 Å². The molecule has 2 nitrogen and oxygen atoms in total. The minimum Gasteiger partial charge on any atom is -0.378 e. The molecule has 2 aliphatic rings. The molecule has 0 bridgehead atoms. The molecule has 174 valence electrons. The Morgan fingerprint density at radius 3 is 2.38 bits per heavy atom. The second kappa shape index (κ2) is 13.6. The Morgan fingerprint density at radius 2 is 1.72 bits per heavy atom. The predicted molar refractivity (Wildman–Crippen MR) is 130 cm³/mol. The molecule has 0 unspecified atom stereocenters. The van der Waals surface area contributed by atoms with Crippen LogP contribution in [-0.2, 0) is 11.2 Å². The van der Waals surface area contributed by atoms with Crippen LogP contribution in [-0.4, -0.2) is 12.7 Å². The highest BCUT2D eigenvalue weighted by Gasteiger charge is 2.25. The first-order valence-electron chi connectivity index (χ1n) is 12.8. The minimum absolute atomic E-state index is 0.454. The van der Waals surface area contributed by atoms with E-state index in [0.29, 0.717) is 12.0 Å². The first-order chi connectivity index (χ1) is 15.7. The molecule has 32 heavy (non-hydrogen) atoms. The van der Waals surface area contributed by atoms with Gasteiger partial charge in [0.05, 0.1) is 6.10 Å². The molecule has 2 fully saturated rings. The highest BCUT2D eigenvalue weighted by atomic mass is 19.1. The zero-order valence-electron chi connectivity index (χ0n) is 19.8. The molecule has 0 atom stereocenters. The van der Waals surface area contributed by atoms with E-state index >= 15 is 0 Å². The molecule has 3 heteroatoms. The van der Waals surface area contributed by atoms with E-state index in [0.717, 1.165) is 31.3 Å². The number of ether oxygens (including phenoxy) is 1. The normalized spacial score (nSPS) is 26.8. The number of hydrogen-bond donors (Lipinski definition) is 0. The molecule has 0 heterocycles. The van der Waals surface area contributed by atoms with Crippen molar-refractivity contribution in [2.75, 3.05) is 6.61 Å². The Labute approximate surface area is 194 Å². The molecule has 0 radical (unpaired) electrons. The van der Waals surface area contributed by atoms with E-state index in [-0.39, 0.29) is 0 Å². The summed E-state index contributed by atoms with van der Waals surface area (Å²) < 4.78 is 19.1. The second-order valence-corrected chi connectivity index (χ2v) is 9.82. The summed E-state index contributed by atoms with van der Waals surface area (Å²) in [7, 11) is 0. The van der Waals surface area contributed by atoms with Crippen molar-refractivity contribution in [1.29, 1.82) is 5.26 Å². The average molecular weight is 438 g/mol. The maximum absolute atomic E-state index is 12.7. The van der Waals surface area contributed by atoms with Crippen LogP contribution in [0.4, 0.5) is 4.39 Å². The molecule has 0 spiro atoms. The van der Waals surface area contributed by atoms with Gasteiger partial charge in [-0.3, -0.25) is 0 Å². The van der Waals surface area contributed by atoms with Crippen LogP contribution in [0, 0.1) is 23.2 Å². The number of rotatable bonds is 10. The van der Waals surface area contributed by atoms with Crippen LogP contribution in [0.5, 0.6) is 0 Å². The van der Waals surface area contributed by atoms with Gasteiger partial charge in [0.25, 0.3) is 0 Å². The number of hydrogen-bond acceptors (Lipinski definition) is 2. The number of nitrogens with zero attached hydrogens (tertiary/aromatic N) is 1. The van der Waals surface area contributed by atoms with Gasteiger partial charge >= 0.3 is 0 Å². The monoisotopic (exact) mass is 437 g/mol. The van der Waals surface area contributed by atoms with Crippen LogP contribution < -0.4 is 0 Å². The van der Waals surface area contributed by atoms with Gasteiger partial charge in [-0.25, -0.2) is 0 Å². The van der Waals surface area contributed by atoms with E-state index in [1.807, 2.05) is 6.08 Å². The number of aryl methyl sites for hydroxylation is 1. The zero-order chi connectivity index (χ0) is 22.6. The lowest BCUT2D eigenvalue weighted by molar-refractivity contribution is -0.00474. The molecule has 3 rings (SSSR count). The Morgan fingerprint density at radius 1 is 1.03 bits per heavy atom. The molecular formula is C29H40FNO. The van der Waals surface area contributed by atoms with Crippen molar-refractivity contribution >= 4 is 0 Å². The van der Waals surface area contributed by atoms with Gasteiger partial charge in [0.15, 0.2) is 5.83 Å².